The lowest BCUT2D eigenvalue weighted by Crippen LogP contribution is -2.43. The van der Waals surface area contributed by atoms with Gasteiger partial charge in [0.05, 0.1) is 25.6 Å². The van der Waals surface area contributed by atoms with Crippen LogP contribution in [0.3, 0.4) is 0 Å². The van der Waals surface area contributed by atoms with Crippen molar-refractivity contribution < 1.29 is 19.1 Å². The van der Waals surface area contributed by atoms with Crippen molar-refractivity contribution in [3.63, 3.8) is 0 Å². The van der Waals surface area contributed by atoms with Crippen LogP contribution < -0.4 is 9.47 Å². The van der Waals surface area contributed by atoms with Crippen molar-refractivity contribution in [3.8, 4) is 11.5 Å². The van der Waals surface area contributed by atoms with E-state index in [2.05, 4.69) is 25.6 Å². The fourth-order valence-corrected chi connectivity index (χ4v) is 5.14. The zero-order valence-electron chi connectivity index (χ0n) is 19.8. The third-order valence-corrected chi connectivity index (χ3v) is 7.15. The van der Waals surface area contributed by atoms with Gasteiger partial charge in [0.2, 0.25) is 5.91 Å². The van der Waals surface area contributed by atoms with Crippen molar-refractivity contribution in [1.82, 2.24) is 9.80 Å². The lowest BCUT2D eigenvalue weighted by atomic mass is 10.1. The number of carbonyl (C=O) groups is 2. The molecule has 0 unspecified atom stereocenters. The molecule has 8 heteroatoms. The number of hydrogen-bond acceptors (Lipinski definition) is 6. The van der Waals surface area contributed by atoms with E-state index in [1.807, 2.05) is 34.5 Å². The van der Waals surface area contributed by atoms with Gasteiger partial charge in [0.15, 0.2) is 11.5 Å². The first kappa shape index (κ1) is 25.5. The van der Waals surface area contributed by atoms with Crippen LogP contribution in [0.25, 0.3) is 0 Å². The standard InChI is InChI=1S/C26H30N2O4S2/c1-5-13-28(26(30)24-7-6-15-33-24)18-25(29)27(17-21-10-8-19(2)34-21)14-12-20-9-11-22(31-3)23(16-20)32-4/h5-11,15-16H,1,12-14,17-18H2,2-4H3. The molecule has 0 fully saturated rings. The smallest absolute Gasteiger partial charge is 0.264 e. The van der Waals surface area contributed by atoms with Gasteiger partial charge < -0.3 is 19.3 Å². The number of methoxy groups -OCH3 is 2. The minimum Gasteiger partial charge on any atom is -0.493 e. The van der Waals surface area contributed by atoms with Crippen molar-refractivity contribution in [2.45, 2.75) is 19.9 Å². The fourth-order valence-electron chi connectivity index (χ4n) is 3.54. The monoisotopic (exact) mass is 498 g/mol. The SMILES string of the molecule is C=CCN(CC(=O)N(CCc1ccc(OC)c(OC)c1)Cc1ccc(C)s1)C(=O)c1cccs1. The number of carbonyl (C=O) groups excluding carboxylic acids is 2. The molecule has 6 nitrogen and oxygen atoms in total. The Morgan fingerprint density at radius 1 is 1.06 bits per heavy atom. The van der Waals surface area contributed by atoms with E-state index in [4.69, 9.17) is 9.47 Å². The number of rotatable bonds is 12. The highest BCUT2D eigenvalue weighted by Gasteiger charge is 2.23. The summed E-state index contributed by atoms with van der Waals surface area (Å²) in [5.74, 6) is 1.07. The van der Waals surface area contributed by atoms with Crippen molar-refractivity contribution in [2.75, 3.05) is 33.9 Å². The van der Waals surface area contributed by atoms with Crippen LogP contribution in [-0.2, 0) is 17.8 Å². The minimum absolute atomic E-state index is 0.000948. The molecule has 2 aromatic heterocycles. The maximum Gasteiger partial charge on any atom is 0.264 e. The molecule has 2 heterocycles. The fraction of sp³-hybridized carbons (Fsp3) is 0.308. The molecule has 3 aromatic rings. The first-order chi connectivity index (χ1) is 16.4. The van der Waals surface area contributed by atoms with Crippen molar-refractivity contribution in [2.24, 2.45) is 0 Å². The maximum atomic E-state index is 13.4. The van der Waals surface area contributed by atoms with E-state index in [-0.39, 0.29) is 18.4 Å². The molecule has 0 atom stereocenters. The Hall–Kier alpha value is -3.10. The molecule has 0 saturated carbocycles. The average Bonchev–Trinajstić information content (AvgIpc) is 3.52. The molecule has 0 bridgehead atoms. The Labute approximate surface area is 209 Å². The summed E-state index contributed by atoms with van der Waals surface area (Å²) in [6.45, 7) is 7.13. The summed E-state index contributed by atoms with van der Waals surface area (Å²) >= 11 is 3.04. The van der Waals surface area contributed by atoms with Gasteiger partial charge in [-0.1, -0.05) is 18.2 Å². The normalized spacial score (nSPS) is 10.6. The highest BCUT2D eigenvalue weighted by molar-refractivity contribution is 7.12. The molecule has 0 aliphatic rings. The van der Waals surface area contributed by atoms with E-state index in [0.29, 0.717) is 42.4 Å². The summed E-state index contributed by atoms with van der Waals surface area (Å²) in [6.07, 6.45) is 2.30. The Morgan fingerprint density at radius 3 is 2.47 bits per heavy atom. The average molecular weight is 499 g/mol. The first-order valence-electron chi connectivity index (χ1n) is 10.9. The Kier molecular flexibility index (Phi) is 9.30. The molecule has 0 spiro atoms. The molecule has 0 N–H and O–H groups in total. The number of aryl methyl sites for hydroxylation is 1. The third kappa shape index (κ3) is 6.71. The zero-order chi connectivity index (χ0) is 24.5. The highest BCUT2D eigenvalue weighted by Crippen LogP contribution is 2.28. The van der Waals surface area contributed by atoms with E-state index in [1.54, 1.807) is 42.6 Å². The van der Waals surface area contributed by atoms with Crippen LogP contribution in [0.1, 0.15) is 25.0 Å². The highest BCUT2D eigenvalue weighted by atomic mass is 32.1. The topological polar surface area (TPSA) is 59.1 Å². The molecule has 0 aliphatic carbocycles. The number of ether oxygens (including phenoxy) is 2. The van der Waals surface area contributed by atoms with Crippen LogP contribution >= 0.6 is 22.7 Å². The van der Waals surface area contributed by atoms with Gasteiger partial charge in [-0.2, -0.15) is 0 Å². The van der Waals surface area contributed by atoms with Gasteiger partial charge in [-0.05, 0) is 54.6 Å². The second-order valence-electron chi connectivity index (χ2n) is 7.72. The number of hydrogen-bond donors (Lipinski definition) is 0. The predicted molar refractivity (Wildman–Crippen MR) is 138 cm³/mol. The number of nitrogens with zero attached hydrogens (tertiary/aromatic N) is 2. The second-order valence-corrected chi connectivity index (χ2v) is 10.0. The first-order valence-corrected chi connectivity index (χ1v) is 12.6. The minimum atomic E-state index is -0.157. The van der Waals surface area contributed by atoms with Crippen molar-refractivity contribution in [1.29, 1.82) is 0 Å². The number of amides is 2. The summed E-state index contributed by atoms with van der Waals surface area (Å²) in [6, 6.07) is 13.5. The van der Waals surface area contributed by atoms with Gasteiger partial charge in [0.25, 0.3) is 5.91 Å². The lowest BCUT2D eigenvalue weighted by Gasteiger charge is -2.27. The van der Waals surface area contributed by atoms with E-state index in [0.717, 1.165) is 10.4 Å². The molecular weight excluding hydrogens is 468 g/mol. The quantitative estimate of drug-likeness (QED) is 0.329. The largest absolute Gasteiger partial charge is 0.493 e. The predicted octanol–water partition coefficient (Wildman–Crippen LogP) is 5.03. The molecule has 180 valence electrons. The van der Waals surface area contributed by atoms with Gasteiger partial charge >= 0.3 is 0 Å². The molecular formula is C26H30N2O4S2. The van der Waals surface area contributed by atoms with E-state index in [1.165, 1.54) is 16.2 Å². The van der Waals surface area contributed by atoms with Crippen LogP contribution in [0.15, 0.2) is 60.5 Å². The lowest BCUT2D eigenvalue weighted by molar-refractivity contribution is -0.132. The van der Waals surface area contributed by atoms with E-state index < -0.39 is 0 Å². The van der Waals surface area contributed by atoms with Gasteiger partial charge in [0, 0.05) is 22.8 Å². The molecule has 0 saturated heterocycles. The summed E-state index contributed by atoms with van der Waals surface area (Å²) in [5, 5.41) is 1.86. The Balaban J connectivity index is 1.76. The van der Waals surface area contributed by atoms with Crippen LogP contribution in [0, 0.1) is 6.92 Å². The van der Waals surface area contributed by atoms with E-state index >= 15 is 0 Å². The molecule has 34 heavy (non-hydrogen) atoms. The van der Waals surface area contributed by atoms with Crippen LogP contribution in [0.4, 0.5) is 0 Å². The Bertz CT molecular complexity index is 1110. The van der Waals surface area contributed by atoms with Crippen molar-refractivity contribution >= 4 is 34.5 Å². The summed E-state index contributed by atoms with van der Waals surface area (Å²) < 4.78 is 10.7. The molecule has 0 radical (unpaired) electrons. The molecule has 2 amide bonds. The van der Waals surface area contributed by atoms with E-state index in [9.17, 15) is 9.59 Å². The van der Waals surface area contributed by atoms with Crippen LogP contribution in [0.5, 0.6) is 11.5 Å². The van der Waals surface area contributed by atoms with Gasteiger partial charge in [-0.25, -0.2) is 0 Å². The van der Waals surface area contributed by atoms with Gasteiger partial charge in [-0.15, -0.1) is 29.3 Å². The van der Waals surface area contributed by atoms with Crippen molar-refractivity contribution in [3.05, 3.63) is 80.7 Å². The van der Waals surface area contributed by atoms with Gasteiger partial charge in [-0.3, -0.25) is 9.59 Å². The molecule has 1 aromatic carbocycles. The van der Waals surface area contributed by atoms with Gasteiger partial charge in [0.1, 0.15) is 6.54 Å². The van der Waals surface area contributed by atoms with Crippen LogP contribution in [0.2, 0.25) is 0 Å². The Morgan fingerprint density at radius 2 is 1.85 bits per heavy atom. The summed E-state index contributed by atoms with van der Waals surface area (Å²) in [4.78, 5) is 32.6. The third-order valence-electron chi connectivity index (χ3n) is 5.31. The zero-order valence-corrected chi connectivity index (χ0v) is 21.4. The molecule has 3 rings (SSSR count). The summed E-state index contributed by atoms with van der Waals surface area (Å²) in [5.41, 5.74) is 1.04. The summed E-state index contributed by atoms with van der Waals surface area (Å²) in [7, 11) is 3.21. The second kappa shape index (κ2) is 12.4. The maximum absolute atomic E-state index is 13.4. The van der Waals surface area contributed by atoms with Crippen LogP contribution in [-0.4, -0.2) is 55.5 Å². The number of benzene rings is 1. The number of thiophene rings is 2. The molecule has 0 aliphatic heterocycles.